The van der Waals surface area contributed by atoms with E-state index in [9.17, 15) is 13.2 Å². The van der Waals surface area contributed by atoms with Gasteiger partial charge in [-0.3, -0.25) is 4.79 Å². The van der Waals surface area contributed by atoms with Crippen molar-refractivity contribution in [3.63, 3.8) is 0 Å². The number of nitrogens with zero attached hydrogens (tertiary/aromatic N) is 1. The number of aryl methyl sites for hydroxylation is 1. The predicted molar refractivity (Wildman–Crippen MR) is 105 cm³/mol. The van der Waals surface area contributed by atoms with Crippen LogP contribution in [0.2, 0.25) is 0 Å². The molecule has 0 aliphatic carbocycles. The molecule has 0 saturated carbocycles. The van der Waals surface area contributed by atoms with Crippen LogP contribution in [0, 0.1) is 6.92 Å². The summed E-state index contributed by atoms with van der Waals surface area (Å²) < 4.78 is 32.2. The zero-order valence-electron chi connectivity index (χ0n) is 16.1. The van der Waals surface area contributed by atoms with E-state index in [0.717, 1.165) is 11.1 Å². The molecule has 146 valence electrons. The fourth-order valence-electron chi connectivity index (χ4n) is 2.73. The molecule has 0 heterocycles. The number of methoxy groups -OCH3 is 1. The van der Waals surface area contributed by atoms with E-state index < -0.39 is 10.0 Å². The lowest BCUT2D eigenvalue weighted by molar-refractivity contribution is 0.0785. The van der Waals surface area contributed by atoms with E-state index in [1.165, 1.54) is 31.4 Å². The van der Waals surface area contributed by atoms with E-state index in [0.29, 0.717) is 12.1 Å². The lowest BCUT2D eigenvalue weighted by Crippen LogP contribution is -2.35. The van der Waals surface area contributed by atoms with Gasteiger partial charge in [-0.05, 0) is 49.2 Å². The summed E-state index contributed by atoms with van der Waals surface area (Å²) in [7, 11) is -0.411. The maximum Gasteiger partial charge on any atom is 0.253 e. The first-order valence-electron chi connectivity index (χ1n) is 8.66. The summed E-state index contributed by atoms with van der Waals surface area (Å²) >= 11 is 0. The highest BCUT2D eigenvalue weighted by atomic mass is 32.2. The van der Waals surface area contributed by atoms with Crippen molar-refractivity contribution in [2.24, 2.45) is 0 Å². The number of rotatable bonds is 8. The van der Waals surface area contributed by atoms with Crippen LogP contribution in [0.5, 0.6) is 0 Å². The van der Waals surface area contributed by atoms with Crippen LogP contribution in [0.1, 0.15) is 28.4 Å². The third-order valence-corrected chi connectivity index (χ3v) is 5.81. The first-order valence-corrected chi connectivity index (χ1v) is 10.1. The van der Waals surface area contributed by atoms with Crippen LogP contribution >= 0.6 is 0 Å². The number of ether oxygens (including phenoxy) is 1. The van der Waals surface area contributed by atoms with E-state index in [2.05, 4.69) is 4.72 Å². The Morgan fingerprint density at radius 3 is 2.37 bits per heavy atom. The van der Waals surface area contributed by atoms with Gasteiger partial charge in [0.15, 0.2) is 0 Å². The maximum atomic E-state index is 12.6. The molecule has 1 atom stereocenters. The minimum Gasteiger partial charge on any atom is -0.383 e. The molecule has 0 spiro atoms. The molecule has 0 fully saturated rings. The molecule has 1 N–H and O–H groups in total. The lowest BCUT2D eigenvalue weighted by atomic mass is 10.1. The van der Waals surface area contributed by atoms with Gasteiger partial charge < -0.3 is 9.64 Å². The van der Waals surface area contributed by atoms with Crippen LogP contribution in [0.3, 0.4) is 0 Å². The van der Waals surface area contributed by atoms with Crippen molar-refractivity contribution in [2.45, 2.75) is 31.3 Å². The average molecular weight is 391 g/mol. The van der Waals surface area contributed by atoms with E-state index in [4.69, 9.17) is 4.74 Å². The largest absolute Gasteiger partial charge is 0.383 e. The smallest absolute Gasteiger partial charge is 0.253 e. The highest BCUT2D eigenvalue weighted by Gasteiger charge is 2.19. The van der Waals surface area contributed by atoms with E-state index >= 15 is 0 Å². The molecule has 2 aromatic carbocycles. The van der Waals surface area contributed by atoms with Gasteiger partial charge in [-0.15, -0.1) is 0 Å². The Labute approximate surface area is 161 Å². The summed E-state index contributed by atoms with van der Waals surface area (Å²) in [6, 6.07) is 13.5. The van der Waals surface area contributed by atoms with Gasteiger partial charge in [0.05, 0.1) is 11.5 Å². The zero-order chi connectivity index (χ0) is 20.0. The third kappa shape index (κ3) is 5.63. The monoisotopic (exact) mass is 390 g/mol. The number of amides is 1. The SMILES string of the molecule is COC[C@H](C)NS(=O)(=O)c1ccc(C(=O)N(C)Cc2ccccc2C)cc1. The summed E-state index contributed by atoms with van der Waals surface area (Å²) in [5.41, 5.74) is 2.63. The molecular formula is C20H26N2O4S. The van der Waals surface area contributed by atoms with Gasteiger partial charge in [0.1, 0.15) is 0 Å². The summed E-state index contributed by atoms with van der Waals surface area (Å²) in [6.07, 6.45) is 0. The standard InChI is InChI=1S/C20H26N2O4S/c1-15-7-5-6-8-18(15)13-22(3)20(23)17-9-11-19(12-10-17)27(24,25)21-16(2)14-26-4/h5-12,16,21H,13-14H2,1-4H3/t16-/m0/s1. The number of nitrogens with one attached hydrogen (secondary N) is 1. The number of sulfonamides is 1. The summed E-state index contributed by atoms with van der Waals surface area (Å²) in [5.74, 6) is -0.164. The quantitative estimate of drug-likeness (QED) is 0.752. The van der Waals surface area contributed by atoms with Crippen LogP contribution in [0.15, 0.2) is 53.4 Å². The van der Waals surface area contributed by atoms with Crippen LogP contribution in [0.4, 0.5) is 0 Å². The van der Waals surface area contributed by atoms with Gasteiger partial charge in [0.2, 0.25) is 10.0 Å². The molecule has 0 unspecified atom stereocenters. The van der Waals surface area contributed by atoms with Crippen molar-refractivity contribution in [3.05, 3.63) is 65.2 Å². The molecular weight excluding hydrogens is 364 g/mol. The van der Waals surface area contributed by atoms with E-state index in [-0.39, 0.29) is 23.5 Å². The Morgan fingerprint density at radius 1 is 1.15 bits per heavy atom. The van der Waals surface area contributed by atoms with Crippen molar-refractivity contribution in [1.82, 2.24) is 9.62 Å². The van der Waals surface area contributed by atoms with Crippen molar-refractivity contribution >= 4 is 15.9 Å². The van der Waals surface area contributed by atoms with Gasteiger partial charge >= 0.3 is 0 Å². The number of carbonyl (C=O) groups excluding carboxylic acids is 1. The molecule has 0 aliphatic heterocycles. The van der Waals surface area contributed by atoms with E-state index in [1.807, 2.05) is 31.2 Å². The minimum atomic E-state index is -3.65. The highest BCUT2D eigenvalue weighted by molar-refractivity contribution is 7.89. The van der Waals surface area contributed by atoms with Crippen molar-refractivity contribution in [3.8, 4) is 0 Å². The number of hydrogen-bond acceptors (Lipinski definition) is 4. The van der Waals surface area contributed by atoms with E-state index in [1.54, 1.807) is 18.9 Å². The van der Waals surface area contributed by atoms with Gasteiger partial charge in [-0.2, -0.15) is 0 Å². The average Bonchev–Trinajstić information content (AvgIpc) is 2.63. The van der Waals surface area contributed by atoms with Gasteiger partial charge in [0, 0.05) is 32.3 Å². The predicted octanol–water partition coefficient (Wildman–Crippen LogP) is 2.58. The van der Waals surface area contributed by atoms with Crippen molar-refractivity contribution < 1.29 is 17.9 Å². The molecule has 2 rings (SSSR count). The normalized spacial score (nSPS) is 12.6. The Kier molecular flexibility index (Phi) is 7.12. The molecule has 7 heteroatoms. The molecule has 0 aliphatic rings. The van der Waals surface area contributed by atoms with Crippen molar-refractivity contribution in [1.29, 1.82) is 0 Å². The Hall–Kier alpha value is -2.22. The zero-order valence-corrected chi connectivity index (χ0v) is 16.9. The Bertz CT molecular complexity index is 879. The third-order valence-electron chi connectivity index (χ3n) is 4.20. The van der Waals surface area contributed by atoms with Crippen LogP contribution in [-0.2, 0) is 21.3 Å². The topological polar surface area (TPSA) is 75.7 Å². The van der Waals surface area contributed by atoms with Crippen molar-refractivity contribution in [2.75, 3.05) is 20.8 Å². The van der Waals surface area contributed by atoms with Crippen LogP contribution < -0.4 is 4.72 Å². The second kappa shape index (κ2) is 9.12. The van der Waals surface area contributed by atoms with Crippen LogP contribution in [0.25, 0.3) is 0 Å². The van der Waals surface area contributed by atoms with Gasteiger partial charge in [-0.1, -0.05) is 24.3 Å². The minimum absolute atomic E-state index is 0.114. The second-order valence-electron chi connectivity index (χ2n) is 6.59. The molecule has 2 aromatic rings. The van der Waals surface area contributed by atoms with Crippen LogP contribution in [-0.4, -0.2) is 46.0 Å². The first kappa shape index (κ1) is 21.1. The number of carbonyl (C=O) groups is 1. The molecule has 0 radical (unpaired) electrons. The fraction of sp³-hybridized carbons (Fsp3) is 0.350. The summed E-state index contributed by atoms with van der Waals surface area (Å²) in [6.45, 7) is 4.49. The molecule has 27 heavy (non-hydrogen) atoms. The molecule has 1 amide bonds. The molecule has 6 nitrogen and oxygen atoms in total. The number of hydrogen-bond donors (Lipinski definition) is 1. The lowest BCUT2D eigenvalue weighted by Gasteiger charge is -2.19. The molecule has 0 saturated heterocycles. The Balaban J connectivity index is 2.09. The highest BCUT2D eigenvalue weighted by Crippen LogP contribution is 2.15. The van der Waals surface area contributed by atoms with Gasteiger partial charge in [0.25, 0.3) is 5.91 Å². The molecule has 0 aromatic heterocycles. The first-order chi connectivity index (χ1) is 12.7. The fourth-order valence-corrected chi connectivity index (χ4v) is 3.96. The second-order valence-corrected chi connectivity index (χ2v) is 8.30. The Morgan fingerprint density at radius 2 is 1.78 bits per heavy atom. The number of benzene rings is 2. The van der Waals surface area contributed by atoms with Gasteiger partial charge in [-0.25, -0.2) is 13.1 Å². The maximum absolute atomic E-state index is 12.6. The summed E-state index contributed by atoms with van der Waals surface area (Å²) in [5, 5.41) is 0. The summed E-state index contributed by atoms with van der Waals surface area (Å²) in [4.78, 5) is 14.4. The molecule has 0 bridgehead atoms.